The lowest BCUT2D eigenvalue weighted by Crippen LogP contribution is -2.71. The fourth-order valence-corrected chi connectivity index (χ4v) is 10.8. The first-order valence-electron chi connectivity index (χ1n) is 19.5. The molecule has 0 unspecified atom stereocenters. The Bertz CT molecular complexity index is 2740. The zero-order chi connectivity index (χ0) is 48.1. The van der Waals surface area contributed by atoms with Crippen molar-refractivity contribution in [3.8, 4) is 0 Å². The fourth-order valence-electron chi connectivity index (χ4n) is 6.50. The van der Waals surface area contributed by atoms with Crippen molar-refractivity contribution < 1.29 is 59.9 Å². The molecule has 0 spiro atoms. The monoisotopic (exact) mass is 986 g/mol. The summed E-state index contributed by atoms with van der Waals surface area (Å²) in [7, 11) is -9.04. The molecule has 2 aliphatic rings. The van der Waals surface area contributed by atoms with Crippen LogP contribution in [0.15, 0.2) is 101 Å². The van der Waals surface area contributed by atoms with Crippen LogP contribution < -0.4 is 26.2 Å². The minimum absolute atomic E-state index is 0.0238. The second-order valence-corrected chi connectivity index (χ2v) is 21.1. The summed E-state index contributed by atoms with van der Waals surface area (Å²) in [6, 6.07) is 17.9. The van der Waals surface area contributed by atoms with Gasteiger partial charge in [0.1, 0.15) is 46.1 Å². The van der Waals surface area contributed by atoms with E-state index in [1.807, 2.05) is 0 Å². The number of nitro benzene ring substituents is 1. The summed E-state index contributed by atoms with van der Waals surface area (Å²) < 4.78 is 73.6. The third-order valence-electron chi connectivity index (χ3n) is 9.46. The molecule has 3 atom stereocenters. The third-order valence-corrected chi connectivity index (χ3v) is 14.5. The number of primary amides is 1. The second-order valence-electron chi connectivity index (χ2n) is 15.4. The van der Waals surface area contributed by atoms with Crippen molar-refractivity contribution in [2.75, 3.05) is 30.4 Å². The van der Waals surface area contributed by atoms with Gasteiger partial charge in [-0.1, -0.05) is 72.0 Å². The molecule has 0 aliphatic carbocycles. The van der Waals surface area contributed by atoms with E-state index < -0.39 is 113 Å². The highest BCUT2D eigenvalue weighted by Crippen LogP contribution is 2.42. The topological polar surface area (TPSA) is 329 Å². The number of hydrogen-bond acceptors (Lipinski definition) is 18. The van der Waals surface area contributed by atoms with Gasteiger partial charge in [-0.2, -0.15) is 4.72 Å². The minimum Gasteiger partial charge on any atom is -0.455 e. The van der Waals surface area contributed by atoms with Crippen LogP contribution in [0.5, 0.6) is 0 Å². The number of benzene rings is 3. The van der Waals surface area contributed by atoms with Gasteiger partial charge in [0.15, 0.2) is 6.10 Å². The third kappa shape index (κ3) is 11.7. The molecule has 1 aromatic heterocycles. The van der Waals surface area contributed by atoms with Gasteiger partial charge >= 0.3 is 18.0 Å². The van der Waals surface area contributed by atoms with Crippen LogP contribution in [0.25, 0.3) is 0 Å². The summed E-state index contributed by atoms with van der Waals surface area (Å²) in [5.41, 5.74) is 10.7. The summed E-state index contributed by atoms with van der Waals surface area (Å²) >= 11 is 1.65. The Kier molecular flexibility index (Phi) is 14.8. The molecule has 26 heteroatoms. The Balaban J connectivity index is 1.25. The molecule has 7 N–H and O–H groups in total. The van der Waals surface area contributed by atoms with E-state index in [1.165, 1.54) is 0 Å². The Morgan fingerprint density at radius 1 is 0.955 bits per heavy atom. The Morgan fingerprint density at radius 2 is 1.56 bits per heavy atom. The van der Waals surface area contributed by atoms with E-state index in [2.05, 4.69) is 19.7 Å². The van der Waals surface area contributed by atoms with Crippen LogP contribution >= 0.6 is 23.1 Å². The van der Waals surface area contributed by atoms with Gasteiger partial charge in [0.05, 0.1) is 15.6 Å². The number of esters is 2. The van der Waals surface area contributed by atoms with Crippen LogP contribution in [0, 0.1) is 10.1 Å². The highest BCUT2D eigenvalue weighted by atomic mass is 32.2. The molecule has 0 radical (unpaired) electrons. The number of nitro groups is 1. The molecule has 0 bridgehead atoms. The number of nitrogen functional groups attached to an aromatic ring is 1. The molecule has 3 heterocycles. The maximum Gasteiger partial charge on any atom is 0.404 e. The minimum atomic E-state index is -4.67. The SMILES string of the molecule is CC(C)(C)OC(=O)c1nc([C@H](NS(=O)(=O)CCNS(=O)(=O)c2ccc([N+](=O)[O-])cc2)C(=O)N[C@@H]2C(=O)N3C(C(=O)OC(c4ccccc4)c4ccccc4)=C(COC(N)=O)CS[C@H]23)c(N)s1. The van der Waals surface area contributed by atoms with E-state index in [1.54, 1.807) is 81.4 Å². The largest absolute Gasteiger partial charge is 0.455 e. The number of nitrogens with zero attached hydrogens (tertiary/aromatic N) is 3. The lowest BCUT2D eigenvalue weighted by atomic mass is 10.0. The summed E-state index contributed by atoms with van der Waals surface area (Å²) in [6.45, 7) is 3.52. The maximum absolute atomic E-state index is 14.3. The van der Waals surface area contributed by atoms with Crippen LogP contribution in [0.1, 0.15) is 59.5 Å². The summed E-state index contributed by atoms with van der Waals surface area (Å²) in [6.07, 6.45) is -2.11. The number of anilines is 1. The number of thioether (sulfide) groups is 1. The van der Waals surface area contributed by atoms with Crippen LogP contribution in [-0.4, -0.2) is 103 Å². The molecule has 0 saturated carbocycles. The summed E-state index contributed by atoms with van der Waals surface area (Å²) in [5, 5.41) is 11.9. The molecule has 350 valence electrons. The van der Waals surface area contributed by atoms with E-state index in [-0.39, 0.29) is 32.7 Å². The van der Waals surface area contributed by atoms with Crippen molar-refractivity contribution in [2.24, 2.45) is 5.73 Å². The van der Waals surface area contributed by atoms with E-state index in [0.717, 1.165) is 40.9 Å². The quantitative estimate of drug-likeness (QED) is 0.0314. The number of hydrogen-bond donors (Lipinski definition) is 5. The molecule has 4 aromatic rings. The van der Waals surface area contributed by atoms with Crippen molar-refractivity contribution in [1.29, 1.82) is 0 Å². The molecular formula is C40H42N8O14S4. The lowest BCUT2D eigenvalue weighted by molar-refractivity contribution is -0.384. The Morgan fingerprint density at radius 3 is 2.12 bits per heavy atom. The number of carbonyl (C=O) groups is 5. The molecule has 22 nitrogen and oxygen atoms in total. The van der Waals surface area contributed by atoms with E-state index in [9.17, 15) is 50.9 Å². The normalized spacial score (nSPS) is 16.7. The van der Waals surface area contributed by atoms with Crippen molar-refractivity contribution in [3.63, 3.8) is 0 Å². The van der Waals surface area contributed by atoms with Crippen molar-refractivity contribution in [3.05, 3.63) is 128 Å². The number of thiazole rings is 1. The van der Waals surface area contributed by atoms with Gasteiger partial charge in [0, 0.05) is 30.0 Å². The van der Waals surface area contributed by atoms with Crippen molar-refractivity contribution >= 4 is 83.7 Å². The molecule has 1 fully saturated rings. The number of fused-ring (bicyclic) bond motifs is 1. The van der Waals surface area contributed by atoms with E-state index >= 15 is 0 Å². The van der Waals surface area contributed by atoms with E-state index in [0.29, 0.717) is 22.5 Å². The molecule has 6 rings (SSSR count). The summed E-state index contributed by atoms with van der Waals surface area (Å²) in [4.78, 5) is 82.3. The first-order chi connectivity index (χ1) is 31.0. The number of amides is 3. The zero-order valence-corrected chi connectivity index (χ0v) is 38.3. The highest BCUT2D eigenvalue weighted by molar-refractivity contribution is 8.00. The lowest BCUT2D eigenvalue weighted by Gasteiger charge is -2.50. The average molecular weight is 987 g/mol. The average Bonchev–Trinajstić information content (AvgIpc) is 3.66. The first-order valence-corrected chi connectivity index (χ1v) is 24.5. The highest BCUT2D eigenvalue weighted by Gasteiger charge is 2.55. The standard InChI is InChI=1S/C40H42N8O14S4/c1-40(2,3)62-38(52)34-45-27(32(41)64-34)28(46-65(56,57)19-18-43-66(58,59)26-16-14-25(15-17-26)48(54)55)33(49)44-29-35(50)47-30(24(20-60-39(42)53)21-63-36(29)47)37(51)61-31(22-10-6-4-7-11-22)23-12-8-5-9-13-23/h4-17,28-29,31,36,43,46H,18-21,41H2,1-3H3,(H2,42,53)(H,44,49)/t28-,29+,36+/m0/s1. The second kappa shape index (κ2) is 20.0. The van der Waals surface area contributed by atoms with Crippen LogP contribution in [0.4, 0.5) is 15.5 Å². The number of aromatic nitrogens is 1. The molecular weight excluding hydrogens is 945 g/mol. The number of nitrogens with one attached hydrogen (secondary N) is 3. The van der Waals surface area contributed by atoms with Gasteiger partial charge in [0.25, 0.3) is 11.6 Å². The first kappa shape index (κ1) is 49.0. The Hall–Kier alpha value is -6.45. The van der Waals surface area contributed by atoms with Gasteiger partial charge in [-0.25, -0.2) is 40.9 Å². The zero-order valence-electron chi connectivity index (χ0n) is 35.1. The van der Waals surface area contributed by atoms with Crippen LogP contribution in [0.2, 0.25) is 0 Å². The van der Waals surface area contributed by atoms with Crippen molar-refractivity contribution in [1.82, 2.24) is 24.6 Å². The van der Waals surface area contributed by atoms with Gasteiger partial charge in [0.2, 0.25) is 31.0 Å². The van der Waals surface area contributed by atoms with Crippen LogP contribution in [0.3, 0.4) is 0 Å². The predicted octanol–water partition coefficient (Wildman–Crippen LogP) is 2.61. The molecule has 3 aromatic carbocycles. The van der Waals surface area contributed by atoms with Gasteiger partial charge in [-0.05, 0) is 44.0 Å². The van der Waals surface area contributed by atoms with Crippen molar-refractivity contribution in [2.45, 2.75) is 54.8 Å². The molecule has 66 heavy (non-hydrogen) atoms. The number of sulfonamides is 2. The summed E-state index contributed by atoms with van der Waals surface area (Å²) in [5.74, 6) is -4.94. The molecule has 1 saturated heterocycles. The number of carbonyl (C=O) groups excluding carboxylic acids is 5. The number of rotatable bonds is 18. The van der Waals surface area contributed by atoms with Crippen LogP contribution in [-0.2, 0) is 48.6 Å². The number of nitrogens with two attached hydrogens (primary N) is 2. The van der Waals surface area contributed by atoms with Gasteiger partial charge < -0.3 is 31.0 Å². The van der Waals surface area contributed by atoms with E-state index in [4.69, 9.17) is 25.7 Å². The number of non-ortho nitro benzene ring substituents is 1. The smallest absolute Gasteiger partial charge is 0.404 e. The maximum atomic E-state index is 14.3. The molecule has 3 amide bonds. The number of ether oxygens (including phenoxy) is 3. The molecule has 2 aliphatic heterocycles. The van der Waals surface area contributed by atoms with Gasteiger partial charge in [-0.3, -0.25) is 24.6 Å². The number of β-lactam (4-membered cyclic amide) rings is 1. The predicted molar refractivity (Wildman–Crippen MR) is 238 cm³/mol. The Labute approximate surface area is 385 Å². The fraction of sp³-hybridized carbons (Fsp3) is 0.300. The van der Waals surface area contributed by atoms with Gasteiger partial charge in [-0.15, -0.1) is 11.8 Å².